The van der Waals surface area contributed by atoms with E-state index in [0.29, 0.717) is 39.7 Å². The first kappa shape index (κ1) is 22.7. The lowest BCUT2D eigenvalue weighted by Gasteiger charge is -2.26. The molecule has 2 aliphatic heterocycles. The van der Waals surface area contributed by atoms with Crippen LogP contribution < -0.4 is 18.9 Å². The number of hydrogen-bond donors (Lipinski definition) is 1. The van der Waals surface area contributed by atoms with Gasteiger partial charge in [-0.2, -0.15) is 0 Å². The normalized spacial score (nSPS) is 17.4. The number of hydrogen-bond acceptors (Lipinski definition) is 7. The molecule has 2 aliphatic rings. The predicted molar refractivity (Wildman–Crippen MR) is 136 cm³/mol. The van der Waals surface area contributed by atoms with Crippen LogP contribution in [0.15, 0.2) is 60.5 Å². The molecule has 0 saturated carbocycles. The van der Waals surface area contributed by atoms with Gasteiger partial charge in [0.05, 0.1) is 26.2 Å². The minimum absolute atomic E-state index is 0.0366. The minimum atomic E-state index is -0.475. The number of benzene rings is 3. The van der Waals surface area contributed by atoms with Crippen molar-refractivity contribution in [3.05, 3.63) is 82.7 Å². The average Bonchev–Trinajstić information content (AvgIpc) is 3.38. The lowest BCUT2D eigenvalue weighted by atomic mass is 9.84. The van der Waals surface area contributed by atoms with Gasteiger partial charge in [0, 0.05) is 41.2 Å². The molecule has 0 unspecified atom stereocenters. The van der Waals surface area contributed by atoms with Crippen LogP contribution in [0, 0.1) is 0 Å². The molecule has 0 saturated heterocycles. The molecule has 8 heteroatoms. The second kappa shape index (κ2) is 8.44. The number of aryl methyl sites for hydroxylation is 1. The highest BCUT2D eigenvalue weighted by atomic mass is 16.5. The molecule has 0 bridgehead atoms. The summed E-state index contributed by atoms with van der Waals surface area (Å²) >= 11 is 0. The van der Waals surface area contributed by atoms with Crippen molar-refractivity contribution in [3.63, 3.8) is 0 Å². The van der Waals surface area contributed by atoms with Gasteiger partial charge in [0.15, 0.2) is 17.3 Å². The van der Waals surface area contributed by atoms with Crippen molar-refractivity contribution in [2.75, 3.05) is 14.2 Å². The van der Waals surface area contributed by atoms with Gasteiger partial charge in [-0.3, -0.25) is 9.59 Å². The molecule has 6 rings (SSSR count). The van der Waals surface area contributed by atoms with Crippen LogP contribution in [0.1, 0.15) is 39.4 Å². The van der Waals surface area contributed by atoms with Gasteiger partial charge in [0.25, 0.3) is 0 Å². The first-order chi connectivity index (χ1) is 17.9. The number of aromatic hydroxyl groups is 1. The topological polar surface area (TPSA) is 96.2 Å². The SMILES string of the molecule is COc1ccc2c(c1)c(/C=C1\Oc3c(ccc4c3[C@H](c3ccc(OC)c(O)c3)CC(=O)O4)C1=O)cn2C. The molecule has 0 spiro atoms. The Balaban J connectivity index is 1.46. The van der Waals surface area contributed by atoms with Crippen molar-refractivity contribution >= 4 is 28.7 Å². The quantitative estimate of drug-likeness (QED) is 0.242. The van der Waals surface area contributed by atoms with Crippen LogP contribution in [-0.2, 0) is 11.8 Å². The smallest absolute Gasteiger partial charge is 0.312 e. The third-order valence-electron chi connectivity index (χ3n) is 6.90. The van der Waals surface area contributed by atoms with Crippen molar-refractivity contribution in [3.8, 4) is 28.7 Å². The first-order valence-electron chi connectivity index (χ1n) is 11.7. The Labute approximate surface area is 212 Å². The summed E-state index contributed by atoms with van der Waals surface area (Å²) < 4.78 is 24.2. The highest BCUT2D eigenvalue weighted by molar-refractivity contribution is 6.15. The van der Waals surface area contributed by atoms with Crippen LogP contribution >= 0.6 is 0 Å². The van der Waals surface area contributed by atoms with Gasteiger partial charge in [-0.05, 0) is 54.1 Å². The van der Waals surface area contributed by atoms with E-state index in [2.05, 4.69) is 0 Å². The Kier molecular flexibility index (Phi) is 5.19. The summed E-state index contributed by atoms with van der Waals surface area (Å²) in [7, 11) is 5.01. The molecule has 0 aliphatic carbocycles. The summed E-state index contributed by atoms with van der Waals surface area (Å²) in [6, 6.07) is 14.0. The van der Waals surface area contributed by atoms with E-state index in [-0.39, 0.29) is 23.7 Å². The summed E-state index contributed by atoms with van der Waals surface area (Å²) in [4.78, 5) is 25.8. The highest BCUT2D eigenvalue weighted by Gasteiger charge is 2.38. The van der Waals surface area contributed by atoms with Crippen molar-refractivity contribution < 1.29 is 33.6 Å². The standard InChI is InChI=1S/C29H23NO7/c1-30-14-16(19-12-17(34-2)5-7-21(19)30)11-25-28(33)18-6-9-24-27(29(18)37-25)20(13-26(32)36-24)15-4-8-23(35-3)22(31)10-15/h4-12,14,20,31H,13H2,1-3H3/b25-11-/t20-/m0/s1. The maximum absolute atomic E-state index is 13.4. The number of carbonyl (C=O) groups is 2. The summed E-state index contributed by atoms with van der Waals surface area (Å²) in [5.74, 6) is 0.717. The minimum Gasteiger partial charge on any atom is -0.504 e. The second-order valence-electron chi connectivity index (χ2n) is 9.03. The van der Waals surface area contributed by atoms with Crippen LogP contribution in [0.25, 0.3) is 17.0 Å². The predicted octanol–water partition coefficient (Wildman–Crippen LogP) is 4.96. The van der Waals surface area contributed by atoms with Crippen molar-refractivity contribution in [2.24, 2.45) is 7.05 Å². The molecule has 37 heavy (non-hydrogen) atoms. The molecule has 1 aromatic heterocycles. The molecule has 1 N–H and O–H groups in total. The van der Waals surface area contributed by atoms with Gasteiger partial charge in [-0.1, -0.05) is 6.07 Å². The maximum atomic E-state index is 13.4. The number of aromatic nitrogens is 1. The Bertz CT molecular complexity index is 1650. The number of ketones is 1. The third kappa shape index (κ3) is 3.60. The summed E-state index contributed by atoms with van der Waals surface area (Å²) in [5, 5.41) is 11.3. The number of ether oxygens (including phenoxy) is 4. The van der Waals surface area contributed by atoms with Gasteiger partial charge >= 0.3 is 5.97 Å². The Hall–Kier alpha value is -4.72. The zero-order chi connectivity index (χ0) is 25.8. The zero-order valence-corrected chi connectivity index (χ0v) is 20.4. The fourth-order valence-electron chi connectivity index (χ4n) is 5.10. The molecule has 0 amide bonds. The summed E-state index contributed by atoms with van der Waals surface area (Å²) in [6.45, 7) is 0. The molecule has 186 valence electrons. The number of nitrogens with zero attached hydrogens (tertiary/aromatic N) is 1. The van der Waals surface area contributed by atoms with Gasteiger partial charge in [0.2, 0.25) is 5.78 Å². The number of allylic oxidation sites excluding steroid dienone is 1. The molecule has 0 radical (unpaired) electrons. The molecule has 1 atom stereocenters. The van der Waals surface area contributed by atoms with Crippen LogP contribution in [-0.4, -0.2) is 35.6 Å². The average molecular weight is 498 g/mol. The van der Waals surface area contributed by atoms with Crippen molar-refractivity contribution in [1.29, 1.82) is 0 Å². The number of carbonyl (C=O) groups excluding carboxylic acids is 2. The Morgan fingerprint density at radius 1 is 1.03 bits per heavy atom. The number of methoxy groups -OCH3 is 2. The molecule has 3 aromatic carbocycles. The monoisotopic (exact) mass is 497 g/mol. The van der Waals surface area contributed by atoms with Gasteiger partial charge < -0.3 is 28.6 Å². The van der Waals surface area contributed by atoms with E-state index in [1.807, 2.05) is 36.0 Å². The molecule has 8 nitrogen and oxygen atoms in total. The van der Waals surface area contributed by atoms with E-state index < -0.39 is 11.9 Å². The Morgan fingerprint density at radius 3 is 2.62 bits per heavy atom. The second-order valence-corrected chi connectivity index (χ2v) is 9.03. The van der Waals surface area contributed by atoms with E-state index in [1.165, 1.54) is 7.11 Å². The van der Waals surface area contributed by atoms with E-state index >= 15 is 0 Å². The molecular formula is C29H23NO7. The van der Waals surface area contributed by atoms with Crippen molar-refractivity contribution in [2.45, 2.75) is 12.3 Å². The van der Waals surface area contributed by atoms with Crippen LogP contribution in [0.2, 0.25) is 0 Å². The van der Waals surface area contributed by atoms with Crippen LogP contribution in [0.3, 0.4) is 0 Å². The highest BCUT2D eigenvalue weighted by Crippen LogP contribution is 2.49. The van der Waals surface area contributed by atoms with Gasteiger partial charge in [0.1, 0.15) is 17.2 Å². The number of fused-ring (bicyclic) bond motifs is 4. The lowest BCUT2D eigenvalue weighted by Crippen LogP contribution is -2.21. The number of phenolic OH excluding ortho intramolecular Hbond substituents is 1. The number of rotatable bonds is 4. The van der Waals surface area contributed by atoms with Gasteiger partial charge in [-0.25, -0.2) is 0 Å². The van der Waals surface area contributed by atoms with Gasteiger partial charge in [-0.15, -0.1) is 0 Å². The summed E-state index contributed by atoms with van der Waals surface area (Å²) in [5.41, 5.74) is 3.46. The third-order valence-corrected chi connectivity index (χ3v) is 6.90. The molecule has 0 fully saturated rings. The first-order valence-corrected chi connectivity index (χ1v) is 11.7. The molecule has 3 heterocycles. The number of esters is 1. The zero-order valence-electron chi connectivity index (χ0n) is 20.4. The largest absolute Gasteiger partial charge is 0.504 e. The fraction of sp³-hybridized carbons (Fsp3) is 0.172. The number of phenols is 1. The van der Waals surface area contributed by atoms with Crippen molar-refractivity contribution in [1.82, 2.24) is 4.57 Å². The number of Topliss-reactive ketones (excluding diaryl/α,β-unsaturated/α-hetero) is 1. The lowest BCUT2D eigenvalue weighted by molar-refractivity contribution is -0.135. The molecular weight excluding hydrogens is 474 g/mol. The van der Waals surface area contributed by atoms with E-state index in [1.54, 1.807) is 43.5 Å². The Morgan fingerprint density at radius 2 is 1.86 bits per heavy atom. The van der Waals surface area contributed by atoms with Crippen LogP contribution in [0.5, 0.6) is 28.7 Å². The van der Waals surface area contributed by atoms with E-state index in [9.17, 15) is 14.7 Å². The van der Waals surface area contributed by atoms with E-state index in [0.717, 1.165) is 16.5 Å². The van der Waals surface area contributed by atoms with Crippen LogP contribution in [0.4, 0.5) is 0 Å². The molecule has 4 aromatic rings. The van der Waals surface area contributed by atoms with E-state index in [4.69, 9.17) is 18.9 Å². The fourth-order valence-corrected chi connectivity index (χ4v) is 5.10. The summed E-state index contributed by atoms with van der Waals surface area (Å²) in [6.07, 6.45) is 3.69. The maximum Gasteiger partial charge on any atom is 0.312 e.